The van der Waals surface area contributed by atoms with Gasteiger partial charge in [-0.1, -0.05) is 16.8 Å². The maximum absolute atomic E-state index is 8.48. The number of rotatable bonds is 3. The number of aromatic nitrogens is 4. The van der Waals surface area contributed by atoms with Gasteiger partial charge in [0, 0.05) is 12.4 Å². The van der Waals surface area contributed by atoms with Crippen molar-refractivity contribution in [2.24, 2.45) is 10.9 Å². The van der Waals surface area contributed by atoms with E-state index in [1.807, 2.05) is 0 Å². The van der Waals surface area contributed by atoms with Crippen LogP contribution in [0.3, 0.4) is 0 Å². The molecule has 0 spiro atoms. The minimum atomic E-state index is -0.135. The highest BCUT2D eigenvalue weighted by molar-refractivity contribution is 6.31. The van der Waals surface area contributed by atoms with E-state index in [4.69, 9.17) is 22.5 Å². The topological polar surface area (TPSA) is 102 Å². The first-order chi connectivity index (χ1) is 8.20. The summed E-state index contributed by atoms with van der Waals surface area (Å²) >= 11 is 5.96. The normalized spacial score (nSPS) is 11.7. The van der Waals surface area contributed by atoms with Gasteiger partial charge in [0.1, 0.15) is 6.33 Å². The monoisotopic (exact) mass is 252 g/mol. The number of nitrogens with zero attached hydrogens (tertiary/aromatic N) is 5. The maximum atomic E-state index is 8.48. The third-order valence-electron chi connectivity index (χ3n) is 2.06. The standard InChI is InChI=1S/C9H9ClN6O/c10-7-3-12-2-1-6(7)4-16-5-13-9(14-16)8(11)15-17/h1-3,5,17H,4H2,(H2,11,15). The van der Waals surface area contributed by atoms with E-state index in [1.165, 1.54) is 11.0 Å². The van der Waals surface area contributed by atoms with Gasteiger partial charge in [0.05, 0.1) is 11.6 Å². The van der Waals surface area contributed by atoms with Gasteiger partial charge in [0.25, 0.3) is 0 Å². The molecule has 0 bridgehead atoms. The molecule has 0 radical (unpaired) electrons. The zero-order valence-corrected chi connectivity index (χ0v) is 9.41. The van der Waals surface area contributed by atoms with Crippen molar-refractivity contribution in [1.82, 2.24) is 19.7 Å². The number of oxime groups is 1. The van der Waals surface area contributed by atoms with Crippen LogP contribution in [0.4, 0.5) is 0 Å². The summed E-state index contributed by atoms with van der Waals surface area (Å²) in [6, 6.07) is 1.78. The van der Waals surface area contributed by atoms with Crippen molar-refractivity contribution < 1.29 is 5.21 Å². The van der Waals surface area contributed by atoms with E-state index in [0.29, 0.717) is 11.6 Å². The SMILES string of the molecule is NC(=NO)c1ncn(Cc2ccncc2Cl)n1. The number of amidine groups is 1. The fraction of sp³-hybridized carbons (Fsp3) is 0.111. The van der Waals surface area contributed by atoms with Gasteiger partial charge in [-0.25, -0.2) is 9.67 Å². The molecule has 0 aliphatic rings. The fourth-order valence-corrected chi connectivity index (χ4v) is 1.42. The summed E-state index contributed by atoms with van der Waals surface area (Å²) in [6.45, 7) is 0.438. The minimum Gasteiger partial charge on any atom is -0.409 e. The van der Waals surface area contributed by atoms with Crippen molar-refractivity contribution in [3.8, 4) is 0 Å². The smallest absolute Gasteiger partial charge is 0.219 e. The molecule has 17 heavy (non-hydrogen) atoms. The van der Waals surface area contributed by atoms with Gasteiger partial charge in [-0.3, -0.25) is 4.98 Å². The van der Waals surface area contributed by atoms with E-state index in [-0.39, 0.29) is 11.7 Å². The molecule has 0 atom stereocenters. The highest BCUT2D eigenvalue weighted by Gasteiger charge is 2.07. The van der Waals surface area contributed by atoms with Crippen LogP contribution in [0.5, 0.6) is 0 Å². The average molecular weight is 253 g/mol. The molecule has 0 aliphatic heterocycles. The van der Waals surface area contributed by atoms with Gasteiger partial charge >= 0.3 is 0 Å². The molecule has 8 heteroatoms. The summed E-state index contributed by atoms with van der Waals surface area (Å²) < 4.78 is 1.54. The van der Waals surface area contributed by atoms with E-state index in [1.54, 1.807) is 18.5 Å². The molecule has 0 amide bonds. The average Bonchev–Trinajstić information content (AvgIpc) is 2.80. The Morgan fingerprint density at radius 3 is 3.12 bits per heavy atom. The summed E-state index contributed by atoms with van der Waals surface area (Å²) in [6.07, 6.45) is 4.67. The van der Waals surface area contributed by atoms with Crippen LogP contribution in [0.25, 0.3) is 0 Å². The van der Waals surface area contributed by atoms with Crippen molar-refractivity contribution in [1.29, 1.82) is 0 Å². The molecule has 88 valence electrons. The van der Waals surface area contributed by atoms with Crippen molar-refractivity contribution in [3.63, 3.8) is 0 Å². The Balaban J connectivity index is 2.20. The molecule has 7 nitrogen and oxygen atoms in total. The first kappa shape index (κ1) is 11.3. The summed E-state index contributed by atoms with van der Waals surface area (Å²) in [5.41, 5.74) is 6.22. The zero-order chi connectivity index (χ0) is 12.3. The Morgan fingerprint density at radius 2 is 2.41 bits per heavy atom. The first-order valence-electron chi connectivity index (χ1n) is 4.66. The largest absolute Gasteiger partial charge is 0.409 e. The molecule has 0 saturated carbocycles. The van der Waals surface area contributed by atoms with Crippen LogP contribution >= 0.6 is 11.6 Å². The van der Waals surface area contributed by atoms with Crippen LogP contribution in [-0.4, -0.2) is 30.8 Å². The second-order valence-electron chi connectivity index (χ2n) is 3.22. The summed E-state index contributed by atoms with van der Waals surface area (Å²) in [7, 11) is 0. The third kappa shape index (κ3) is 2.51. The molecule has 0 saturated heterocycles. The predicted molar refractivity (Wildman–Crippen MR) is 60.9 cm³/mol. The molecule has 0 aromatic carbocycles. The first-order valence-corrected chi connectivity index (χ1v) is 5.04. The molecular formula is C9H9ClN6O. The van der Waals surface area contributed by atoms with Gasteiger partial charge < -0.3 is 10.9 Å². The Hall–Kier alpha value is -2.15. The van der Waals surface area contributed by atoms with Gasteiger partial charge in [0.2, 0.25) is 11.7 Å². The quantitative estimate of drug-likeness (QED) is 0.358. The molecule has 2 aromatic rings. The number of nitrogens with two attached hydrogens (primary N) is 1. The molecule has 0 fully saturated rings. The van der Waals surface area contributed by atoms with Crippen LogP contribution in [0, 0.1) is 0 Å². The third-order valence-corrected chi connectivity index (χ3v) is 2.40. The molecule has 0 aliphatic carbocycles. The lowest BCUT2D eigenvalue weighted by atomic mass is 10.3. The summed E-state index contributed by atoms with van der Waals surface area (Å²) in [5.74, 6) is 0.0299. The van der Waals surface area contributed by atoms with Crippen LogP contribution in [0.15, 0.2) is 29.9 Å². The van der Waals surface area contributed by atoms with Crippen LogP contribution in [-0.2, 0) is 6.54 Å². The minimum absolute atomic E-state index is 0.135. The maximum Gasteiger partial charge on any atom is 0.219 e. The lowest BCUT2D eigenvalue weighted by molar-refractivity contribution is 0.318. The van der Waals surface area contributed by atoms with Crippen LogP contribution in [0.1, 0.15) is 11.4 Å². The van der Waals surface area contributed by atoms with Crippen molar-refractivity contribution in [2.45, 2.75) is 6.54 Å². The van der Waals surface area contributed by atoms with E-state index in [2.05, 4.69) is 20.2 Å². The van der Waals surface area contributed by atoms with Crippen molar-refractivity contribution >= 4 is 17.4 Å². The van der Waals surface area contributed by atoms with Crippen molar-refractivity contribution in [2.75, 3.05) is 0 Å². The van der Waals surface area contributed by atoms with Gasteiger partial charge in [-0.15, -0.1) is 5.10 Å². The van der Waals surface area contributed by atoms with E-state index in [9.17, 15) is 0 Å². The summed E-state index contributed by atoms with van der Waals surface area (Å²) in [4.78, 5) is 7.77. The second kappa shape index (κ2) is 4.79. The molecule has 3 N–H and O–H groups in total. The fourth-order valence-electron chi connectivity index (χ4n) is 1.24. The number of hydrogen-bond acceptors (Lipinski definition) is 5. The van der Waals surface area contributed by atoms with E-state index < -0.39 is 0 Å². The Labute approximate surface area is 102 Å². The molecule has 2 aromatic heterocycles. The van der Waals surface area contributed by atoms with Crippen LogP contribution in [0.2, 0.25) is 5.02 Å². The summed E-state index contributed by atoms with van der Waals surface area (Å²) in [5, 5.41) is 15.9. The molecule has 2 rings (SSSR count). The zero-order valence-electron chi connectivity index (χ0n) is 8.66. The lowest BCUT2D eigenvalue weighted by Crippen LogP contribution is -2.15. The highest BCUT2D eigenvalue weighted by atomic mass is 35.5. The number of hydrogen-bond donors (Lipinski definition) is 2. The Morgan fingerprint density at radius 1 is 1.59 bits per heavy atom. The van der Waals surface area contributed by atoms with E-state index in [0.717, 1.165) is 5.56 Å². The Bertz CT molecular complexity index is 552. The lowest BCUT2D eigenvalue weighted by Gasteiger charge is -2.02. The predicted octanol–water partition coefficient (Wildman–Crippen LogP) is 0.469. The molecule has 0 unspecified atom stereocenters. The van der Waals surface area contributed by atoms with Crippen molar-refractivity contribution in [3.05, 3.63) is 41.2 Å². The van der Waals surface area contributed by atoms with Gasteiger partial charge in [-0.05, 0) is 11.6 Å². The van der Waals surface area contributed by atoms with Crippen LogP contribution < -0.4 is 5.73 Å². The highest BCUT2D eigenvalue weighted by Crippen LogP contribution is 2.14. The van der Waals surface area contributed by atoms with Gasteiger partial charge in [0.15, 0.2) is 0 Å². The molecular weight excluding hydrogens is 244 g/mol. The Kier molecular flexibility index (Phi) is 3.20. The van der Waals surface area contributed by atoms with E-state index >= 15 is 0 Å². The number of pyridine rings is 1. The number of halogens is 1. The molecule has 2 heterocycles. The van der Waals surface area contributed by atoms with Gasteiger partial charge in [-0.2, -0.15) is 0 Å². The second-order valence-corrected chi connectivity index (χ2v) is 3.63.